The first-order valence-corrected chi connectivity index (χ1v) is 24.6. The van der Waals surface area contributed by atoms with Crippen molar-refractivity contribution < 1.29 is 4.74 Å². The summed E-state index contributed by atoms with van der Waals surface area (Å²) in [6.07, 6.45) is 0. The van der Waals surface area contributed by atoms with E-state index in [-0.39, 0.29) is 0 Å². The Balaban J connectivity index is 1.03. The van der Waals surface area contributed by atoms with Crippen LogP contribution in [0.25, 0.3) is 44.2 Å². The van der Waals surface area contributed by atoms with E-state index in [0.717, 1.165) is 39.7 Å². The third-order valence-electron chi connectivity index (χ3n) is 15.4. The van der Waals surface area contributed by atoms with Crippen LogP contribution in [0.2, 0.25) is 0 Å². The summed E-state index contributed by atoms with van der Waals surface area (Å²) in [7, 11) is 0. The zero-order valence-electron chi connectivity index (χ0n) is 37.4. The molecule has 0 saturated heterocycles. The quantitative estimate of drug-likeness (QED) is 0.175. The van der Waals surface area contributed by atoms with Gasteiger partial charge < -0.3 is 9.64 Å². The maximum absolute atomic E-state index is 6.76. The van der Waals surface area contributed by atoms with Crippen LogP contribution in [-0.2, 0) is 10.8 Å². The number of rotatable bonds is 4. The van der Waals surface area contributed by atoms with Gasteiger partial charge in [-0.05, 0) is 133 Å². The number of fused-ring (bicyclic) bond motifs is 19. The molecule has 0 bridgehead atoms. The molecule has 0 saturated carbocycles. The van der Waals surface area contributed by atoms with Crippen LogP contribution < -0.4 is 9.64 Å². The van der Waals surface area contributed by atoms with Gasteiger partial charge in [0.25, 0.3) is 0 Å². The Morgan fingerprint density at radius 2 is 0.855 bits per heavy atom. The summed E-state index contributed by atoms with van der Waals surface area (Å²) >= 11 is 1.90. The van der Waals surface area contributed by atoms with Crippen molar-refractivity contribution in [3.05, 3.63) is 293 Å². The fourth-order valence-corrected chi connectivity index (χ4v) is 13.9. The van der Waals surface area contributed by atoms with Crippen LogP contribution in [0, 0.1) is 0 Å². The Morgan fingerprint density at radius 1 is 0.319 bits per heavy atom. The van der Waals surface area contributed by atoms with Crippen LogP contribution in [0.1, 0.15) is 44.5 Å². The molecule has 11 aromatic carbocycles. The van der Waals surface area contributed by atoms with E-state index in [4.69, 9.17) is 4.74 Å². The molecule has 1 atom stereocenters. The number of benzene rings is 11. The monoisotopic (exact) mass is 895 g/mol. The van der Waals surface area contributed by atoms with Crippen molar-refractivity contribution in [3.8, 4) is 44.9 Å². The first-order chi connectivity index (χ1) is 34.2. The summed E-state index contributed by atoms with van der Waals surface area (Å²) < 4.78 is 6.76. The zero-order valence-corrected chi connectivity index (χ0v) is 38.3. The van der Waals surface area contributed by atoms with Crippen molar-refractivity contribution in [1.82, 2.24) is 0 Å². The summed E-state index contributed by atoms with van der Waals surface area (Å²) in [5.74, 6) is 1.78. The van der Waals surface area contributed by atoms with Gasteiger partial charge in [0.15, 0.2) is 0 Å². The highest BCUT2D eigenvalue weighted by atomic mass is 32.2. The van der Waals surface area contributed by atoms with Gasteiger partial charge in [0.2, 0.25) is 0 Å². The molecule has 0 N–H and O–H groups in total. The molecule has 3 heteroatoms. The van der Waals surface area contributed by atoms with Gasteiger partial charge in [-0.1, -0.05) is 200 Å². The van der Waals surface area contributed by atoms with Gasteiger partial charge in [-0.2, -0.15) is 0 Å². The van der Waals surface area contributed by atoms with E-state index < -0.39 is 10.8 Å². The number of hydrogen-bond donors (Lipinski definition) is 0. The second kappa shape index (κ2) is 14.6. The van der Waals surface area contributed by atoms with Gasteiger partial charge in [-0.25, -0.2) is 0 Å². The normalized spacial score (nSPS) is 15.8. The fourth-order valence-electron chi connectivity index (χ4n) is 12.6. The third kappa shape index (κ3) is 5.23. The minimum atomic E-state index is -0.610. The number of hydrogen-bond acceptors (Lipinski definition) is 3. The van der Waals surface area contributed by atoms with E-state index in [2.05, 4.69) is 254 Å². The highest BCUT2D eigenvalue weighted by Crippen LogP contribution is 2.66. The van der Waals surface area contributed by atoms with Crippen molar-refractivity contribution in [2.45, 2.75) is 20.6 Å². The fraction of sp³-hybridized carbons (Fsp3) is 0.0303. The molecule has 0 amide bonds. The molecule has 1 unspecified atom stereocenters. The van der Waals surface area contributed by atoms with E-state index in [1.54, 1.807) is 0 Å². The molecule has 4 aliphatic rings. The standard InChI is InChI=1S/C66H41NOS/c1-2-17-42(18-3-1)43-33-35-46(36-34-43)67(47-37-38-49-48-21-6-8-23-51(48)65(57(49)41-47)53-25-10-13-30-60(53)68-61-31-14-11-26-54(61)65)59-29-16-28-56-64(59)50-22-7-9-24-52(50)66(56)55-27-12-15-32-62(55)69-63-40-45-20-5-4-19-44(45)39-58(63)66/h1-41H. The lowest BCUT2D eigenvalue weighted by Gasteiger charge is -2.40. The van der Waals surface area contributed by atoms with Gasteiger partial charge >= 0.3 is 0 Å². The molecule has 2 nitrogen and oxygen atoms in total. The lowest BCUT2D eigenvalue weighted by atomic mass is 9.66. The van der Waals surface area contributed by atoms with Crippen LogP contribution in [0.5, 0.6) is 11.5 Å². The van der Waals surface area contributed by atoms with E-state index >= 15 is 0 Å². The van der Waals surface area contributed by atoms with E-state index in [1.807, 2.05) is 11.8 Å². The number of para-hydroxylation sites is 2. The molecule has 2 heterocycles. The van der Waals surface area contributed by atoms with Crippen molar-refractivity contribution >= 4 is 39.6 Å². The lowest BCUT2D eigenvalue weighted by Crippen LogP contribution is -2.32. The maximum atomic E-state index is 6.76. The third-order valence-corrected chi connectivity index (χ3v) is 16.5. The molecule has 2 spiro atoms. The molecule has 0 fully saturated rings. The summed E-state index contributed by atoms with van der Waals surface area (Å²) in [6, 6.07) is 92.5. The van der Waals surface area contributed by atoms with Crippen molar-refractivity contribution in [3.63, 3.8) is 0 Å². The number of ether oxygens (including phenoxy) is 1. The highest BCUT2D eigenvalue weighted by Gasteiger charge is 2.53. The summed E-state index contributed by atoms with van der Waals surface area (Å²) in [5, 5.41) is 2.51. The second-order valence-corrected chi connectivity index (χ2v) is 19.7. The smallest absolute Gasteiger partial charge is 0.132 e. The van der Waals surface area contributed by atoms with Gasteiger partial charge in [0.1, 0.15) is 11.5 Å². The SMILES string of the molecule is c1ccc(-c2ccc(N(c3ccc4c(c3)C3(c5ccccc5Oc5ccccc53)c3ccccc3-4)c3cccc4c3-c3ccccc3C43c4ccccc4Sc4cc5ccccc5cc43)cc2)cc1. The molecule has 2 aliphatic heterocycles. The first kappa shape index (κ1) is 38.7. The van der Waals surface area contributed by atoms with Gasteiger partial charge in [0.05, 0.1) is 16.5 Å². The van der Waals surface area contributed by atoms with Crippen molar-refractivity contribution in [1.29, 1.82) is 0 Å². The molecule has 0 aromatic heterocycles. The zero-order chi connectivity index (χ0) is 45.3. The molecule has 11 aromatic rings. The molecule has 69 heavy (non-hydrogen) atoms. The molecular formula is C66H41NOS. The van der Waals surface area contributed by atoms with Gasteiger partial charge in [0, 0.05) is 37.9 Å². The Labute approximate surface area is 405 Å². The maximum Gasteiger partial charge on any atom is 0.132 e. The Hall–Kier alpha value is -8.37. The minimum absolute atomic E-state index is 0.550. The van der Waals surface area contributed by atoms with Gasteiger partial charge in [-0.15, -0.1) is 0 Å². The molecule has 322 valence electrons. The Kier molecular flexibility index (Phi) is 8.17. The second-order valence-electron chi connectivity index (χ2n) is 18.7. The molecule has 15 rings (SSSR count). The number of anilines is 3. The van der Waals surface area contributed by atoms with Crippen LogP contribution in [0.4, 0.5) is 17.1 Å². The van der Waals surface area contributed by atoms with E-state index in [1.165, 1.54) is 87.3 Å². The molecular weight excluding hydrogens is 855 g/mol. The summed E-state index contributed by atoms with van der Waals surface area (Å²) in [5.41, 5.74) is 19.6. The molecule has 2 aliphatic carbocycles. The largest absolute Gasteiger partial charge is 0.457 e. The summed E-state index contributed by atoms with van der Waals surface area (Å²) in [4.78, 5) is 5.12. The van der Waals surface area contributed by atoms with Crippen molar-refractivity contribution in [2.75, 3.05) is 4.90 Å². The minimum Gasteiger partial charge on any atom is -0.457 e. The predicted molar refractivity (Wildman–Crippen MR) is 283 cm³/mol. The van der Waals surface area contributed by atoms with Crippen LogP contribution in [0.3, 0.4) is 0 Å². The molecule has 0 radical (unpaired) electrons. The Morgan fingerprint density at radius 3 is 1.61 bits per heavy atom. The first-order valence-electron chi connectivity index (χ1n) is 23.8. The van der Waals surface area contributed by atoms with Crippen LogP contribution >= 0.6 is 11.8 Å². The highest BCUT2D eigenvalue weighted by molar-refractivity contribution is 7.99. The van der Waals surface area contributed by atoms with E-state index in [0.29, 0.717) is 0 Å². The Bertz CT molecular complexity index is 3880. The van der Waals surface area contributed by atoms with E-state index in [9.17, 15) is 0 Å². The average Bonchev–Trinajstić information content (AvgIpc) is 3.87. The topological polar surface area (TPSA) is 12.5 Å². The lowest BCUT2D eigenvalue weighted by molar-refractivity contribution is 0.436. The number of nitrogens with zero attached hydrogens (tertiary/aromatic N) is 1. The van der Waals surface area contributed by atoms with Crippen LogP contribution in [-0.4, -0.2) is 0 Å². The van der Waals surface area contributed by atoms with Crippen molar-refractivity contribution in [2.24, 2.45) is 0 Å². The van der Waals surface area contributed by atoms with Crippen LogP contribution in [0.15, 0.2) is 259 Å². The average molecular weight is 896 g/mol. The predicted octanol–water partition coefficient (Wildman–Crippen LogP) is 17.3. The summed E-state index contributed by atoms with van der Waals surface area (Å²) in [6.45, 7) is 0. The van der Waals surface area contributed by atoms with Gasteiger partial charge in [-0.3, -0.25) is 0 Å².